The summed E-state index contributed by atoms with van der Waals surface area (Å²) in [5.41, 5.74) is 7.69. The van der Waals surface area contributed by atoms with E-state index in [9.17, 15) is 4.79 Å². The van der Waals surface area contributed by atoms with E-state index in [4.69, 9.17) is 10.8 Å². The molecule has 0 unspecified atom stereocenters. The van der Waals surface area contributed by atoms with E-state index in [1.165, 1.54) is 0 Å². The van der Waals surface area contributed by atoms with Gasteiger partial charge in [-0.1, -0.05) is 12.1 Å². The highest BCUT2D eigenvalue weighted by Gasteiger charge is 2.13. The summed E-state index contributed by atoms with van der Waals surface area (Å²) >= 11 is 0. The number of para-hydroxylation sites is 1. The quantitative estimate of drug-likeness (QED) is 0.822. The summed E-state index contributed by atoms with van der Waals surface area (Å²) in [4.78, 5) is 11.1. The summed E-state index contributed by atoms with van der Waals surface area (Å²) < 4.78 is 1.91. The average Bonchev–Trinajstić information content (AvgIpc) is 2.57. The summed E-state index contributed by atoms with van der Waals surface area (Å²) in [6, 6.07) is 5.33. The van der Waals surface area contributed by atoms with Gasteiger partial charge in [-0.05, 0) is 18.6 Å². The first-order valence-electron chi connectivity index (χ1n) is 5.17. The topological polar surface area (TPSA) is 68.2 Å². The number of benzene rings is 1. The molecule has 0 bridgehead atoms. The monoisotopic (exact) mass is 218 g/mol. The van der Waals surface area contributed by atoms with Crippen LogP contribution in [0, 0.1) is 6.92 Å². The SMILES string of the molecule is Cc1cn(CCN)c2c(C(=O)O)cccc12. The van der Waals surface area contributed by atoms with Crippen molar-refractivity contribution < 1.29 is 9.90 Å². The van der Waals surface area contributed by atoms with Crippen LogP contribution in [0.1, 0.15) is 15.9 Å². The Labute approximate surface area is 93.3 Å². The number of nitrogens with zero attached hydrogens (tertiary/aromatic N) is 1. The first-order valence-corrected chi connectivity index (χ1v) is 5.17. The minimum atomic E-state index is -0.901. The predicted octanol–water partition coefficient (Wildman–Crippen LogP) is 1.61. The molecule has 1 aromatic carbocycles. The highest BCUT2D eigenvalue weighted by atomic mass is 16.4. The van der Waals surface area contributed by atoms with Gasteiger partial charge in [0.05, 0.1) is 11.1 Å². The zero-order chi connectivity index (χ0) is 11.7. The Bertz CT molecular complexity index is 543. The fraction of sp³-hybridized carbons (Fsp3) is 0.250. The van der Waals surface area contributed by atoms with Crippen LogP contribution in [0.3, 0.4) is 0 Å². The van der Waals surface area contributed by atoms with Gasteiger partial charge in [0.1, 0.15) is 0 Å². The summed E-state index contributed by atoms with van der Waals surface area (Å²) in [5.74, 6) is -0.901. The Morgan fingerprint density at radius 1 is 1.50 bits per heavy atom. The Morgan fingerprint density at radius 2 is 2.25 bits per heavy atom. The van der Waals surface area contributed by atoms with E-state index in [-0.39, 0.29) is 0 Å². The van der Waals surface area contributed by atoms with Crippen LogP contribution in [-0.2, 0) is 6.54 Å². The smallest absolute Gasteiger partial charge is 0.337 e. The number of nitrogens with two attached hydrogens (primary N) is 1. The summed E-state index contributed by atoms with van der Waals surface area (Å²) in [5, 5.41) is 10.1. The standard InChI is InChI=1S/C12H14N2O2/c1-8-7-14(6-5-13)11-9(8)3-2-4-10(11)12(15)16/h2-4,7H,5-6,13H2,1H3,(H,15,16). The number of carboxylic acid groups (broad SMARTS) is 1. The van der Waals surface area contributed by atoms with Gasteiger partial charge in [0, 0.05) is 24.7 Å². The molecule has 3 N–H and O–H groups in total. The van der Waals surface area contributed by atoms with Gasteiger partial charge in [0.2, 0.25) is 0 Å². The highest BCUT2D eigenvalue weighted by Crippen LogP contribution is 2.24. The number of hydrogen-bond donors (Lipinski definition) is 2. The Kier molecular flexibility index (Phi) is 2.66. The number of aryl methyl sites for hydroxylation is 1. The zero-order valence-corrected chi connectivity index (χ0v) is 9.10. The maximum Gasteiger partial charge on any atom is 0.337 e. The van der Waals surface area contributed by atoms with Crippen molar-refractivity contribution >= 4 is 16.9 Å². The molecule has 4 nitrogen and oxygen atoms in total. The zero-order valence-electron chi connectivity index (χ0n) is 9.10. The molecule has 16 heavy (non-hydrogen) atoms. The third kappa shape index (κ3) is 1.57. The molecule has 0 saturated carbocycles. The Balaban J connectivity index is 2.77. The van der Waals surface area contributed by atoms with Crippen LogP contribution in [0.15, 0.2) is 24.4 Å². The van der Waals surface area contributed by atoms with E-state index in [0.29, 0.717) is 18.7 Å². The van der Waals surface area contributed by atoms with Crippen LogP contribution in [-0.4, -0.2) is 22.2 Å². The molecular formula is C12H14N2O2. The Hall–Kier alpha value is -1.81. The van der Waals surface area contributed by atoms with Gasteiger partial charge in [-0.15, -0.1) is 0 Å². The molecule has 84 valence electrons. The van der Waals surface area contributed by atoms with E-state index >= 15 is 0 Å². The lowest BCUT2D eigenvalue weighted by molar-refractivity contribution is 0.0698. The number of aromatic carboxylic acids is 1. The van der Waals surface area contributed by atoms with Crippen molar-refractivity contribution in [1.82, 2.24) is 4.57 Å². The van der Waals surface area contributed by atoms with E-state index in [0.717, 1.165) is 16.5 Å². The van der Waals surface area contributed by atoms with Crippen molar-refractivity contribution in [1.29, 1.82) is 0 Å². The highest BCUT2D eigenvalue weighted by molar-refractivity contribution is 6.03. The van der Waals surface area contributed by atoms with Crippen LogP contribution in [0.5, 0.6) is 0 Å². The van der Waals surface area contributed by atoms with Crippen LogP contribution in [0.25, 0.3) is 10.9 Å². The molecule has 0 aliphatic carbocycles. The number of carboxylic acids is 1. The van der Waals surface area contributed by atoms with E-state index in [2.05, 4.69) is 0 Å². The van der Waals surface area contributed by atoms with Crippen LogP contribution in [0.4, 0.5) is 0 Å². The number of hydrogen-bond acceptors (Lipinski definition) is 2. The van der Waals surface area contributed by atoms with Gasteiger partial charge < -0.3 is 15.4 Å². The molecule has 0 aliphatic rings. The molecule has 0 atom stereocenters. The molecule has 0 spiro atoms. The molecular weight excluding hydrogens is 204 g/mol. The number of fused-ring (bicyclic) bond motifs is 1. The fourth-order valence-corrected chi connectivity index (χ4v) is 2.03. The summed E-state index contributed by atoms with van der Waals surface area (Å²) in [7, 11) is 0. The van der Waals surface area contributed by atoms with Crippen molar-refractivity contribution in [2.45, 2.75) is 13.5 Å². The summed E-state index contributed by atoms with van der Waals surface area (Å²) in [6.07, 6.45) is 1.95. The molecule has 0 saturated heterocycles. The predicted molar refractivity (Wildman–Crippen MR) is 62.7 cm³/mol. The Morgan fingerprint density at radius 3 is 2.88 bits per heavy atom. The molecule has 1 aromatic heterocycles. The minimum Gasteiger partial charge on any atom is -0.478 e. The number of rotatable bonds is 3. The molecule has 4 heteroatoms. The van der Waals surface area contributed by atoms with E-state index in [1.54, 1.807) is 12.1 Å². The molecule has 0 radical (unpaired) electrons. The first-order chi connectivity index (χ1) is 7.65. The van der Waals surface area contributed by atoms with E-state index < -0.39 is 5.97 Å². The van der Waals surface area contributed by atoms with Crippen LogP contribution in [0.2, 0.25) is 0 Å². The van der Waals surface area contributed by atoms with Crippen molar-refractivity contribution in [2.24, 2.45) is 5.73 Å². The maximum atomic E-state index is 11.1. The second-order valence-corrected chi connectivity index (χ2v) is 3.80. The molecule has 0 aliphatic heterocycles. The largest absolute Gasteiger partial charge is 0.478 e. The van der Waals surface area contributed by atoms with Gasteiger partial charge in [-0.25, -0.2) is 4.79 Å². The molecule has 0 amide bonds. The number of aromatic nitrogens is 1. The lowest BCUT2D eigenvalue weighted by Crippen LogP contribution is -2.10. The third-order valence-corrected chi connectivity index (χ3v) is 2.70. The molecule has 0 fully saturated rings. The van der Waals surface area contributed by atoms with Crippen molar-refractivity contribution in [3.05, 3.63) is 35.5 Å². The third-order valence-electron chi connectivity index (χ3n) is 2.70. The van der Waals surface area contributed by atoms with Crippen LogP contribution < -0.4 is 5.73 Å². The van der Waals surface area contributed by atoms with E-state index in [1.807, 2.05) is 23.8 Å². The van der Waals surface area contributed by atoms with Crippen molar-refractivity contribution in [3.63, 3.8) is 0 Å². The maximum absolute atomic E-state index is 11.1. The lowest BCUT2D eigenvalue weighted by atomic mass is 10.1. The van der Waals surface area contributed by atoms with Gasteiger partial charge in [0.25, 0.3) is 0 Å². The van der Waals surface area contributed by atoms with Gasteiger partial charge in [-0.2, -0.15) is 0 Å². The summed E-state index contributed by atoms with van der Waals surface area (Å²) in [6.45, 7) is 3.10. The second-order valence-electron chi connectivity index (χ2n) is 3.80. The normalized spacial score (nSPS) is 10.9. The van der Waals surface area contributed by atoms with Gasteiger partial charge in [-0.3, -0.25) is 0 Å². The molecule has 1 heterocycles. The van der Waals surface area contributed by atoms with Crippen molar-refractivity contribution in [3.8, 4) is 0 Å². The minimum absolute atomic E-state index is 0.332. The van der Waals surface area contributed by atoms with Gasteiger partial charge >= 0.3 is 5.97 Å². The fourth-order valence-electron chi connectivity index (χ4n) is 2.03. The van der Waals surface area contributed by atoms with Crippen molar-refractivity contribution in [2.75, 3.05) is 6.54 Å². The first kappa shape index (κ1) is 10.7. The molecule has 2 aromatic rings. The average molecular weight is 218 g/mol. The lowest BCUT2D eigenvalue weighted by Gasteiger charge is -2.05. The molecule has 2 rings (SSSR count). The van der Waals surface area contributed by atoms with Crippen LogP contribution >= 0.6 is 0 Å². The second kappa shape index (κ2) is 3.98. The van der Waals surface area contributed by atoms with Gasteiger partial charge in [0.15, 0.2) is 0 Å². The number of carbonyl (C=O) groups is 1.